The van der Waals surface area contributed by atoms with Crippen LogP contribution in [-0.2, 0) is 6.54 Å². The molecule has 13 heavy (non-hydrogen) atoms. The molecule has 1 aliphatic rings. The lowest BCUT2D eigenvalue weighted by Crippen LogP contribution is -2.22. The highest BCUT2D eigenvalue weighted by atomic mass is 79.9. The van der Waals surface area contributed by atoms with Crippen LogP contribution >= 0.6 is 27.5 Å². The van der Waals surface area contributed by atoms with Crippen molar-refractivity contribution in [2.75, 3.05) is 0 Å². The van der Waals surface area contributed by atoms with Crippen molar-refractivity contribution in [3.8, 4) is 0 Å². The fourth-order valence-electron chi connectivity index (χ4n) is 1.15. The Morgan fingerprint density at radius 3 is 3.00 bits per heavy atom. The van der Waals surface area contributed by atoms with Gasteiger partial charge in [-0.2, -0.15) is 0 Å². The summed E-state index contributed by atoms with van der Waals surface area (Å²) in [6.07, 6.45) is 3.94. The number of hydrogen-bond donors (Lipinski definition) is 0. The number of hydrogen-bond acceptors (Lipinski definition) is 2. The molecule has 0 aliphatic heterocycles. The summed E-state index contributed by atoms with van der Waals surface area (Å²) >= 11 is 8.78. The van der Waals surface area contributed by atoms with Crippen LogP contribution in [0, 0.1) is 5.92 Å². The minimum absolute atomic E-state index is 0.0908. The summed E-state index contributed by atoms with van der Waals surface area (Å²) in [4.78, 5) is 15.4. The van der Waals surface area contributed by atoms with Crippen LogP contribution in [0.2, 0.25) is 5.15 Å². The highest BCUT2D eigenvalue weighted by Crippen LogP contribution is 2.30. The molecule has 5 heteroatoms. The Balaban J connectivity index is 2.35. The lowest BCUT2D eigenvalue weighted by atomic mass is 10.4. The molecule has 0 radical (unpaired) electrons. The third kappa shape index (κ3) is 1.94. The van der Waals surface area contributed by atoms with Crippen molar-refractivity contribution >= 4 is 27.5 Å². The fraction of sp³-hybridized carbons (Fsp3) is 0.500. The van der Waals surface area contributed by atoms with Gasteiger partial charge >= 0.3 is 0 Å². The molecule has 1 aliphatic carbocycles. The van der Waals surface area contributed by atoms with Gasteiger partial charge in [0.05, 0.1) is 6.33 Å². The third-order valence-electron chi connectivity index (χ3n) is 2.09. The summed E-state index contributed by atoms with van der Waals surface area (Å²) in [5.41, 5.74) is -0.0908. The van der Waals surface area contributed by atoms with Gasteiger partial charge in [-0.1, -0.05) is 11.6 Å². The summed E-state index contributed by atoms with van der Waals surface area (Å²) in [6.45, 7) is 0.765. The average Bonchev–Trinajstić information content (AvgIpc) is 2.90. The summed E-state index contributed by atoms with van der Waals surface area (Å²) in [6, 6.07) is 0. The predicted molar refractivity (Wildman–Crippen MR) is 53.9 cm³/mol. The van der Waals surface area contributed by atoms with Gasteiger partial charge in [-0.05, 0) is 34.7 Å². The van der Waals surface area contributed by atoms with Crippen LogP contribution in [-0.4, -0.2) is 9.55 Å². The minimum atomic E-state index is -0.0908. The first-order chi connectivity index (χ1) is 6.18. The van der Waals surface area contributed by atoms with Gasteiger partial charge in [0.15, 0.2) is 5.15 Å². The smallest absolute Gasteiger partial charge is 0.269 e. The summed E-state index contributed by atoms with van der Waals surface area (Å²) in [5.74, 6) is 0.660. The van der Waals surface area contributed by atoms with Crippen molar-refractivity contribution in [2.45, 2.75) is 19.4 Å². The molecule has 1 aromatic rings. The Morgan fingerprint density at radius 1 is 1.69 bits per heavy atom. The van der Waals surface area contributed by atoms with Crippen molar-refractivity contribution in [2.24, 2.45) is 5.92 Å². The maximum absolute atomic E-state index is 11.5. The van der Waals surface area contributed by atoms with Gasteiger partial charge in [-0.15, -0.1) is 0 Å². The lowest BCUT2D eigenvalue weighted by Gasteiger charge is -2.03. The molecule has 70 valence electrons. The van der Waals surface area contributed by atoms with Gasteiger partial charge in [0, 0.05) is 6.54 Å². The molecular formula is C8H8BrClN2O. The Hall–Kier alpha value is -0.350. The van der Waals surface area contributed by atoms with Crippen molar-refractivity contribution in [1.29, 1.82) is 0 Å². The first kappa shape index (κ1) is 9.21. The van der Waals surface area contributed by atoms with Gasteiger partial charge in [-0.3, -0.25) is 9.36 Å². The molecule has 0 unspecified atom stereocenters. The van der Waals surface area contributed by atoms with E-state index in [1.165, 1.54) is 19.2 Å². The molecular weight excluding hydrogens is 255 g/mol. The van der Waals surface area contributed by atoms with E-state index < -0.39 is 0 Å². The number of aromatic nitrogens is 2. The van der Waals surface area contributed by atoms with Crippen LogP contribution in [0.1, 0.15) is 12.8 Å². The van der Waals surface area contributed by atoms with E-state index in [9.17, 15) is 4.79 Å². The molecule has 0 atom stereocenters. The second kappa shape index (κ2) is 3.42. The first-order valence-electron chi connectivity index (χ1n) is 4.09. The molecule has 0 bridgehead atoms. The third-order valence-corrected chi connectivity index (χ3v) is 3.32. The standard InChI is InChI=1S/C8H8BrClN2O/c9-6-7(10)11-4-12(8(6)13)3-5-1-2-5/h4-5H,1-3H2. The molecule has 3 nitrogen and oxygen atoms in total. The zero-order chi connectivity index (χ0) is 9.42. The largest absolute Gasteiger partial charge is 0.298 e. The van der Waals surface area contributed by atoms with E-state index in [1.807, 2.05) is 0 Å². The quantitative estimate of drug-likeness (QED) is 0.766. The zero-order valence-corrected chi connectivity index (χ0v) is 9.18. The van der Waals surface area contributed by atoms with Gasteiger partial charge < -0.3 is 0 Å². The van der Waals surface area contributed by atoms with Crippen LogP contribution in [0.4, 0.5) is 0 Å². The molecule has 1 fully saturated rings. The Labute approximate surface area is 88.9 Å². The van der Waals surface area contributed by atoms with Crippen LogP contribution in [0.25, 0.3) is 0 Å². The maximum atomic E-state index is 11.5. The topological polar surface area (TPSA) is 34.9 Å². The number of rotatable bonds is 2. The summed E-state index contributed by atoms with van der Waals surface area (Å²) in [7, 11) is 0. The molecule has 1 saturated carbocycles. The Morgan fingerprint density at radius 2 is 2.38 bits per heavy atom. The second-order valence-electron chi connectivity index (χ2n) is 3.25. The van der Waals surface area contributed by atoms with Crippen LogP contribution < -0.4 is 5.56 Å². The molecule has 0 saturated heterocycles. The number of halogens is 2. The minimum Gasteiger partial charge on any atom is -0.298 e. The Bertz CT molecular complexity index is 386. The Kier molecular flexibility index (Phi) is 2.43. The van der Waals surface area contributed by atoms with Gasteiger partial charge in [0.1, 0.15) is 4.47 Å². The van der Waals surface area contributed by atoms with Crippen LogP contribution in [0.3, 0.4) is 0 Å². The number of nitrogens with zero attached hydrogens (tertiary/aromatic N) is 2. The van der Waals surface area contributed by atoms with Crippen LogP contribution in [0.5, 0.6) is 0 Å². The average molecular weight is 264 g/mol. The van der Waals surface area contributed by atoms with Crippen molar-refractivity contribution in [1.82, 2.24) is 9.55 Å². The molecule has 2 rings (SSSR count). The monoisotopic (exact) mass is 262 g/mol. The van der Waals surface area contributed by atoms with E-state index in [0.717, 1.165) is 6.54 Å². The normalized spacial score (nSPS) is 16.2. The highest BCUT2D eigenvalue weighted by Gasteiger charge is 2.22. The van der Waals surface area contributed by atoms with Gasteiger partial charge in [-0.25, -0.2) is 4.98 Å². The summed E-state index contributed by atoms with van der Waals surface area (Å²) in [5, 5.41) is 0.233. The molecule has 0 amide bonds. The lowest BCUT2D eigenvalue weighted by molar-refractivity contribution is 0.593. The molecule has 0 N–H and O–H groups in total. The van der Waals surface area contributed by atoms with E-state index in [1.54, 1.807) is 4.57 Å². The predicted octanol–water partition coefficient (Wildman–Crippen LogP) is 2.07. The fourth-order valence-corrected chi connectivity index (χ4v) is 1.61. The molecule has 0 spiro atoms. The van der Waals surface area contributed by atoms with Crippen molar-refractivity contribution < 1.29 is 0 Å². The maximum Gasteiger partial charge on any atom is 0.269 e. The molecule has 0 aromatic carbocycles. The van der Waals surface area contributed by atoms with Crippen molar-refractivity contribution in [3.05, 3.63) is 26.3 Å². The van der Waals surface area contributed by atoms with E-state index in [-0.39, 0.29) is 10.7 Å². The van der Waals surface area contributed by atoms with E-state index in [2.05, 4.69) is 20.9 Å². The first-order valence-corrected chi connectivity index (χ1v) is 5.26. The summed E-state index contributed by atoms with van der Waals surface area (Å²) < 4.78 is 1.96. The zero-order valence-electron chi connectivity index (χ0n) is 6.83. The molecule has 1 aromatic heterocycles. The SMILES string of the molecule is O=c1c(Br)c(Cl)ncn1CC1CC1. The molecule has 1 heterocycles. The van der Waals surface area contributed by atoms with Gasteiger partial charge in [0.2, 0.25) is 0 Å². The van der Waals surface area contributed by atoms with Crippen molar-refractivity contribution in [3.63, 3.8) is 0 Å². The van der Waals surface area contributed by atoms with E-state index >= 15 is 0 Å². The second-order valence-corrected chi connectivity index (χ2v) is 4.40. The van der Waals surface area contributed by atoms with Crippen LogP contribution in [0.15, 0.2) is 15.6 Å². The van der Waals surface area contributed by atoms with E-state index in [4.69, 9.17) is 11.6 Å². The highest BCUT2D eigenvalue weighted by molar-refractivity contribution is 9.10. The van der Waals surface area contributed by atoms with E-state index in [0.29, 0.717) is 10.4 Å². The van der Waals surface area contributed by atoms with Gasteiger partial charge in [0.25, 0.3) is 5.56 Å².